The van der Waals surface area contributed by atoms with E-state index in [0.717, 1.165) is 0 Å². The van der Waals surface area contributed by atoms with Crippen LogP contribution in [0, 0.1) is 0 Å². The van der Waals surface area contributed by atoms with Crippen LogP contribution in [0.3, 0.4) is 0 Å². The Hall–Kier alpha value is -2.17. The van der Waals surface area contributed by atoms with Crippen LogP contribution in [0.1, 0.15) is 16.7 Å². The average molecular weight is 286 g/mol. The summed E-state index contributed by atoms with van der Waals surface area (Å²) >= 11 is 0. The molecule has 3 aromatic rings. The lowest BCUT2D eigenvalue weighted by Crippen LogP contribution is -2.30. The van der Waals surface area contributed by atoms with Crippen molar-refractivity contribution in [3.8, 4) is 0 Å². The summed E-state index contributed by atoms with van der Waals surface area (Å²) in [5.41, 5.74) is 3.96. The summed E-state index contributed by atoms with van der Waals surface area (Å²) in [6, 6.07) is 30.4. The van der Waals surface area contributed by atoms with Gasteiger partial charge in [0.05, 0.1) is 5.41 Å². The lowest BCUT2D eigenvalue weighted by Gasteiger charge is -2.30. The summed E-state index contributed by atoms with van der Waals surface area (Å²) in [5.74, 6) is 2.43. The van der Waals surface area contributed by atoms with E-state index < -0.39 is 0 Å². The number of benzene rings is 3. The maximum Gasteiger partial charge on any atom is 0.0686 e. The third-order valence-electron chi connectivity index (χ3n) is 4.18. The van der Waals surface area contributed by atoms with Crippen molar-refractivity contribution in [2.24, 2.45) is 0 Å². The molecule has 0 nitrogen and oxygen atoms in total. The van der Waals surface area contributed by atoms with Gasteiger partial charge in [-0.3, -0.25) is 0 Å². The Balaban J connectivity index is 2.05. The lowest BCUT2D eigenvalue weighted by atomic mass is 9.71. The molecule has 100 valence electrons. The summed E-state index contributed by atoms with van der Waals surface area (Å²) in [4.78, 5) is 0. The number of fused-ring (bicyclic) bond motifs is 1. The van der Waals surface area contributed by atoms with Crippen molar-refractivity contribution in [1.82, 2.24) is 0 Å². The van der Waals surface area contributed by atoms with Gasteiger partial charge in [0, 0.05) is 5.30 Å². The molecule has 1 heterocycles. The molecule has 1 aliphatic heterocycles. The average Bonchev–Trinajstić information content (AvgIpc) is 2.97. The van der Waals surface area contributed by atoms with E-state index in [1.807, 2.05) is 0 Å². The summed E-state index contributed by atoms with van der Waals surface area (Å²) < 4.78 is 0. The molecule has 0 unspecified atom stereocenters. The molecular weight excluding hydrogens is 271 g/mol. The molecule has 1 heteroatoms. The van der Waals surface area contributed by atoms with Crippen LogP contribution < -0.4 is 5.30 Å². The second kappa shape index (κ2) is 4.98. The minimum atomic E-state index is -0.124. The van der Waals surface area contributed by atoms with Crippen molar-refractivity contribution >= 4 is 19.3 Å². The fourth-order valence-electron chi connectivity index (χ4n) is 3.18. The second-order valence-electron chi connectivity index (χ2n) is 5.32. The maximum absolute atomic E-state index is 2.43. The fourth-order valence-corrected chi connectivity index (χ4v) is 4.52. The first-order valence-electron chi connectivity index (χ1n) is 7.17. The van der Waals surface area contributed by atoms with Gasteiger partial charge in [-0.2, -0.15) is 0 Å². The minimum Gasteiger partial charge on any atom is -0.0709 e. The van der Waals surface area contributed by atoms with E-state index in [1.54, 1.807) is 0 Å². The third kappa shape index (κ3) is 1.87. The Bertz CT molecular complexity index is 749. The Morgan fingerprint density at radius 3 is 1.71 bits per heavy atom. The van der Waals surface area contributed by atoms with Crippen LogP contribution in [-0.2, 0) is 5.41 Å². The zero-order valence-electron chi connectivity index (χ0n) is 11.6. The topological polar surface area (TPSA) is 0 Å². The quantitative estimate of drug-likeness (QED) is 0.612. The molecule has 1 aliphatic rings. The minimum absolute atomic E-state index is 0.124. The second-order valence-corrected chi connectivity index (χ2v) is 6.31. The van der Waals surface area contributed by atoms with Crippen LogP contribution in [0.15, 0.2) is 84.9 Å². The van der Waals surface area contributed by atoms with Gasteiger partial charge in [-0.1, -0.05) is 93.1 Å². The first kappa shape index (κ1) is 12.6. The molecule has 0 fully saturated rings. The van der Waals surface area contributed by atoms with Crippen molar-refractivity contribution in [2.75, 3.05) is 0 Å². The van der Waals surface area contributed by atoms with Gasteiger partial charge in [0.15, 0.2) is 0 Å². The molecule has 0 atom stereocenters. The summed E-state index contributed by atoms with van der Waals surface area (Å²) in [6.45, 7) is 0. The molecule has 0 aromatic heterocycles. The highest BCUT2D eigenvalue weighted by molar-refractivity contribution is 7.48. The van der Waals surface area contributed by atoms with Crippen LogP contribution >= 0.6 is 8.20 Å². The Kier molecular flexibility index (Phi) is 2.98. The van der Waals surface area contributed by atoms with Gasteiger partial charge in [-0.25, -0.2) is 0 Å². The van der Waals surface area contributed by atoms with Gasteiger partial charge in [-0.05, 0) is 22.5 Å². The van der Waals surface area contributed by atoms with E-state index >= 15 is 0 Å². The first-order chi connectivity index (χ1) is 10.4. The van der Waals surface area contributed by atoms with E-state index in [1.165, 1.54) is 30.2 Å². The Morgan fingerprint density at radius 1 is 0.571 bits per heavy atom. The van der Waals surface area contributed by atoms with E-state index in [2.05, 4.69) is 90.7 Å². The molecule has 4 rings (SSSR count). The number of hydrogen-bond acceptors (Lipinski definition) is 0. The Labute approximate surface area is 126 Å². The van der Waals surface area contributed by atoms with Crippen molar-refractivity contribution in [2.45, 2.75) is 5.41 Å². The third-order valence-corrected chi connectivity index (χ3v) is 5.37. The van der Waals surface area contributed by atoms with E-state index in [9.17, 15) is 0 Å². The predicted octanol–water partition coefficient (Wildman–Crippen LogP) is 4.41. The Morgan fingerprint density at radius 2 is 1.10 bits per heavy atom. The van der Waals surface area contributed by atoms with Gasteiger partial charge in [0.2, 0.25) is 0 Å². The number of rotatable bonds is 2. The lowest BCUT2D eigenvalue weighted by molar-refractivity contribution is 0.868. The largest absolute Gasteiger partial charge is 0.0709 e. The van der Waals surface area contributed by atoms with Crippen LogP contribution in [0.2, 0.25) is 0 Å². The highest BCUT2D eigenvalue weighted by Crippen LogP contribution is 2.42. The highest BCUT2D eigenvalue weighted by atomic mass is 31.1. The zero-order chi connectivity index (χ0) is 14.1. The zero-order valence-corrected chi connectivity index (χ0v) is 12.5. The standard InChI is InChI=1S/C20H15P/c1-3-9-16(10-4-1)20(17-11-5-2-6-12-17)15-21-19-14-8-7-13-18(19)20/h1-15H. The van der Waals surface area contributed by atoms with Gasteiger partial charge in [0.25, 0.3) is 0 Å². The van der Waals surface area contributed by atoms with Gasteiger partial charge in [-0.15, -0.1) is 0 Å². The molecule has 0 spiro atoms. The van der Waals surface area contributed by atoms with Gasteiger partial charge >= 0.3 is 0 Å². The first-order valence-corrected chi connectivity index (χ1v) is 8.13. The van der Waals surface area contributed by atoms with Crippen LogP contribution in [0.4, 0.5) is 0 Å². The summed E-state index contributed by atoms with van der Waals surface area (Å²) in [6.07, 6.45) is 0. The fraction of sp³-hybridized carbons (Fsp3) is 0.0500. The van der Waals surface area contributed by atoms with Crippen LogP contribution in [0.5, 0.6) is 0 Å². The molecular formula is C20H15P. The van der Waals surface area contributed by atoms with Crippen molar-refractivity contribution in [1.29, 1.82) is 0 Å². The molecule has 0 amide bonds. The highest BCUT2D eigenvalue weighted by Gasteiger charge is 2.38. The number of hydrogen-bond donors (Lipinski definition) is 0. The van der Waals surface area contributed by atoms with E-state index in [4.69, 9.17) is 0 Å². The molecule has 0 radical (unpaired) electrons. The van der Waals surface area contributed by atoms with Crippen LogP contribution in [-0.4, -0.2) is 5.80 Å². The van der Waals surface area contributed by atoms with Gasteiger partial charge < -0.3 is 0 Å². The summed E-state index contributed by atoms with van der Waals surface area (Å²) in [7, 11) is 1.30. The molecule has 0 N–H and O–H groups in total. The molecule has 0 saturated carbocycles. The molecule has 0 bridgehead atoms. The van der Waals surface area contributed by atoms with Crippen molar-refractivity contribution < 1.29 is 0 Å². The normalized spacial score (nSPS) is 15.6. The molecule has 0 saturated heterocycles. The monoisotopic (exact) mass is 286 g/mol. The summed E-state index contributed by atoms with van der Waals surface area (Å²) in [5, 5.41) is 1.41. The van der Waals surface area contributed by atoms with Crippen LogP contribution in [0.25, 0.3) is 0 Å². The van der Waals surface area contributed by atoms with E-state index in [0.29, 0.717) is 0 Å². The molecule has 3 aromatic carbocycles. The van der Waals surface area contributed by atoms with E-state index in [-0.39, 0.29) is 5.41 Å². The van der Waals surface area contributed by atoms with Gasteiger partial charge in [0.1, 0.15) is 0 Å². The smallest absolute Gasteiger partial charge is 0.0686 e. The van der Waals surface area contributed by atoms with Crippen molar-refractivity contribution in [3.05, 3.63) is 102 Å². The predicted molar refractivity (Wildman–Crippen MR) is 91.8 cm³/mol. The maximum atomic E-state index is 2.43. The SMILES string of the molecule is C1=Pc2ccccc2C1(c1ccccc1)c1ccccc1. The molecule has 21 heavy (non-hydrogen) atoms. The van der Waals surface area contributed by atoms with Crippen molar-refractivity contribution in [3.63, 3.8) is 0 Å². The molecule has 0 aliphatic carbocycles.